The number of aromatic nitrogens is 1. The van der Waals surface area contributed by atoms with Crippen molar-refractivity contribution >= 4 is 63.2 Å². The fourth-order valence-corrected chi connectivity index (χ4v) is 7.00. The Kier molecular flexibility index (Phi) is 6.54. The summed E-state index contributed by atoms with van der Waals surface area (Å²) in [6.45, 7) is 6.69. The molecule has 2 fully saturated rings. The first-order valence-electron chi connectivity index (χ1n) is 11.2. The third kappa shape index (κ3) is 4.59. The fourth-order valence-electron chi connectivity index (χ4n) is 5.17. The molecule has 172 valence electrons. The first-order valence-corrected chi connectivity index (χ1v) is 13.2. The topological polar surface area (TPSA) is 31.4 Å². The van der Waals surface area contributed by atoms with Crippen molar-refractivity contribution in [2.45, 2.75) is 32.4 Å². The summed E-state index contributed by atoms with van der Waals surface area (Å²) < 4.78 is 0.754. The molecule has 4 atom stereocenters. The van der Waals surface area contributed by atoms with Crippen LogP contribution in [0.25, 0.3) is 0 Å². The van der Waals surface area contributed by atoms with Crippen LogP contribution in [0, 0.1) is 11.8 Å². The molecular weight excluding hydrogens is 491 g/mol. The molecule has 0 saturated carbocycles. The van der Waals surface area contributed by atoms with E-state index in [9.17, 15) is 0 Å². The zero-order valence-electron chi connectivity index (χ0n) is 18.5. The Hall–Kier alpha value is -1.86. The van der Waals surface area contributed by atoms with Crippen LogP contribution in [0.4, 0.5) is 11.4 Å². The highest BCUT2D eigenvalue weighted by Crippen LogP contribution is 2.45. The van der Waals surface area contributed by atoms with Crippen LogP contribution in [-0.4, -0.2) is 23.2 Å². The molecule has 0 unspecified atom stereocenters. The van der Waals surface area contributed by atoms with Crippen molar-refractivity contribution in [3.8, 4) is 0 Å². The van der Waals surface area contributed by atoms with Gasteiger partial charge in [0.15, 0.2) is 5.11 Å². The minimum Gasteiger partial charge on any atom is -0.370 e. The second-order valence-electron chi connectivity index (χ2n) is 9.13. The number of rotatable bonds is 4. The van der Waals surface area contributed by atoms with Gasteiger partial charge in [0.25, 0.3) is 0 Å². The number of hydrogen-bond donors (Lipinski definition) is 1. The molecule has 0 spiro atoms. The fraction of sp³-hybridized carbons (Fsp3) is 0.360. The first kappa shape index (κ1) is 22.9. The SMILES string of the molecule is C[C@@H]1C[C@H](C)CN(c2ccc(N3C(=S)N[C@@H](c4ccccn4)[C@@H]3c3ccc(Cl)s3)cc2Cl)C1. The summed E-state index contributed by atoms with van der Waals surface area (Å²) in [4.78, 5) is 10.3. The van der Waals surface area contributed by atoms with Gasteiger partial charge in [0, 0.05) is 29.9 Å². The summed E-state index contributed by atoms with van der Waals surface area (Å²) >= 11 is 20.6. The molecule has 5 rings (SSSR count). The van der Waals surface area contributed by atoms with Gasteiger partial charge >= 0.3 is 0 Å². The van der Waals surface area contributed by atoms with Gasteiger partial charge in [0.05, 0.1) is 32.8 Å². The lowest BCUT2D eigenvalue weighted by molar-refractivity contribution is 0.357. The highest BCUT2D eigenvalue weighted by molar-refractivity contribution is 7.80. The molecule has 2 aliphatic rings. The average molecular weight is 518 g/mol. The Morgan fingerprint density at radius 1 is 1.06 bits per heavy atom. The Labute approximate surface area is 214 Å². The van der Waals surface area contributed by atoms with Crippen molar-refractivity contribution in [3.05, 3.63) is 74.7 Å². The van der Waals surface area contributed by atoms with E-state index in [1.807, 2.05) is 36.5 Å². The number of hydrogen-bond acceptors (Lipinski definition) is 4. The lowest BCUT2D eigenvalue weighted by atomic mass is 9.91. The van der Waals surface area contributed by atoms with Gasteiger partial charge in [-0.25, -0.2) is 0 Å². The maximum atomic E-state index is 6.87. The summed E-state index contributed by atoms with van der Waals surface area (Å²) in [6.07, 6.45) is 3.08. The molecule has 3 aromatic rings. The summed E-state index contributed by atoms with van der Waals surface area (Å²) in [5.74, 6) is 1.32. The van der Waals surface area contributed by atoms with Gasteiger partial charge in [-0.1, -0.05) is 43.1 Å². The maximum Gasteiger partial charge on any atom is 0.174 e. The Morgan fingerprint density at radius 3 is 2.48 bits per heavy atom. The van der Waals surface area contributed by atoms with Crippen LogP contribution < -0.4 is 15.1 Å². The van der Waals surface area contributed by atoms with Gasteiger partial charge in [-0.3, -0.25) is 4.98 Å². The molecule has 0 bridgehead atoms. The third-order valence-electron chi connectivity index (χ3n) is 6.40. The van der Waals surface area contributed by atoms with E-state index in [-0.39, 0.29) is 12.1 Å². The van der Waals surface area contributed by atoms with Gasteiger partial charge < -0.3 is 15.1 Å². The quantitative estimate of drug-likeness (QED) is 0.373. The van der Waals surface area contributed by atoms with Crippen LogP contribution in [0.1, 0.15) is 42.9 Å². The highest BCUT2D eigenvalue weighted by atomic mass is 35.5. The smallest absolute Gasteiger partial charge is 0.174 e. The molecule has 2 saturated heterocycles. The van der Waals surface area contributed by atoms with Gasteiger partial charge in [0.1, 0.15) is 0 Å². The van der Waals surface area contributed by atoms with Crippen LogP contribution >= 0.6 is 46.8 Å². The van der Waals surface area contributed by atoms with E-state index in [1.54, 1.807) is 11.3 Å². The number of nitrogens with zero attached hydrogens (tertiary/aromatic N) is 3. The summed E-state index contributed by atoms with van der Waals surface area (Å²) in [5.41, 5.74) is 3.00. The number of halogens is 2. The third-order valence-corrected chi connectivity index (χ3v) is 8.32. The van der Waals surface area contributed by atoms with Crippen molar-refractivity contribution in [2.75, 3.05) is 22.9 Å². The van der Waals surface area contributed by atoms with Crippen molar-refractivity contribution < 1.29 is 0 Å². The molecule has 1 N–H and O–H groups in total. The number of anilines is 2. The first-order chi connectivity index (χ1) is 15.9. The second-order valence-corrected chi connectivity index (χ2v) is 11.7. The zero-order chi connectivity index (χ0) is 23.1. The minimum absolute atomic E-state index is 0.0677. The van der Waals surface area contributed by atoms with Gasteiger partial charge in [-0.2, -0.15) is 0 Å². The number of pyridine rings is 1. The van der Waals surface area contributed by atoms with Crippen molar-refractivity contribution in [2.24, 2.45) is 11.8 Å². The number of benzene rings is 1. The molecule has 0 radical (unpaired) electrons. The molecule has 1 aromatic carbocycles. The van der Waals surface area contributed by atoms with Crippen LogP contribution in [0.15, 0.2) is 54.7 Å². The lowest BCUT2D eigenvalue weighted by Crippen LogP contribution is -2.38. The van der Waals surface area contributed by atoms with Crippen LogP contribution in [0.5, 0.6) is 0 Å². The number of thiophene rings is 1. The number of thiocarbonyl (C=S) groups is 1. The van der Waals surface area contributed by atoms with Crippen molar-refractivity contribution in [3.63, 3.8) is 0 Å². The average Bonchev–Trinajstić information content (AvgIpc) is 3.36. The molecular formula is C25H26Cl2N4S2. The molecule has 2 aromatic heterocycles. The molecule has 0 amide bonds. The molecule has 33 heavy (non-hydrogen) atoms. The second kappa shape index (κ2) is 9.41. The maximum absolute atomic E-state index is 6.87. The Morgan fingerprint density at radius 2 is 1.85 bits per heavy atom. The molecule has 2 aliphatic heterocycles. The predicted molar refractivity (Wildman–Crippen MR) is 144 cm³/mol. The van der Waals surface area contributed by atoms with E-state index in [1.165, 1.54) is 6.42 Å². The lowest BCUT2D eigenvalue weighted by Gasteiger charge is -2.37. The summed E-state index contributed by atoms with van der Waals surface area (Å²) in [7, 11) is 0. The van der Waals surface area contributed by atoms with Crippen LogP contribution in [0.3, 0.4) is 0 Å². The van der Waals surface area contributed by atoms with E-state index < -0.39 is 0 Å². The van der Waals surface area contributed by atoms with E-state index in [0.29, 0.717) is 16.9 Å². The number of nitrogens with one attached hydrogen (secondary N) is 1. The van der Waals surface area contributed by atoms with Gasteiger partial charge in [-0.15, -0.1) is 11.3 Å². The minimum atomic E-state index is -0.0873. The molecule has 4 heterocycles. The molecule has 0 aliphatic carbocycles. The highest BCUT2D eigenvalue weighted by Gasteiger charge is 2.41. The van der Waals surface area contributed by atoms with Gasteiger partial charge in [0.2, 0.25) is 0 Å². The van der Waals surface area contributed by atoms with Crippen LogP contribution in [-0.2, 0) is 0 Å². The van der Waals surface area contributed by atoms with Crippen molar-refractivity contribution in [1.82, 2.24) is 10.3 Å². The predicted octanol–water partition coefficient (Wildman–Crippen LogP) is 7.11. The molecule has 8 heteroatoms. The van der Waals surface area contributed by atoms with E-state index in [4.69, 9.17) is 35.4 Å². The van der Waals surface area contributed by atoms with E-state index >= 15 is 0 Å². The zero-order valence-corrected chi connectivity index (χ0v) is 21.7. The Bertz CT molecular complexity index is 1140. The summed E-state index contributed by atoms with van der Waals surface area (Å²) in [5, 5.41) is 4.90. The van der Waals surface area contributed by atoms with Crippen molar-refractivity contribution in [1.29, 1.82) is 0 Å². The monoisotopic (exact) mass is 516 g/mol. The van der Waals surface area contributed by atoms with E-state index in [0.717, 1.165) is 44.4 Å². The number of piperidine rings is 1. The standard InChI is InChI=1S/C25H26Cl2N4S2/c1-15-11-16(2)14-30(13-15)20-7-6-17(12-18(20)26)31-24(21-8-9-22(27)33-21)23(29-25(31)32)19-5-3-4-10-28-19/h3-10,12,15-16,23-24H,11,13-14H2,1-2H3,(H,29,32)/t15-,16+,23-,24-/m0/s1. The Balaban J connectivity index is 1.51. The normalized spacial score (nSPS) is 25.4. The molecule has 4 nitrogen and oxygen atoms in total. The summed E-state index contributed by atoms with van der Waals surface area (Å²) in [6, 6.07) is 16.1. The van der Waals surface area contributed by atoms with E-state index in [2.05, 4.69) is 52.1 Å². The van der Waals surface area contributed by atoms with Crippen LogP contribution in [0.2, 0.25) is 9.36 Å². The largest absolute Gasteiger partial charge is 0.370 e. The van der Waals surface area contributed by atoms with Gasteiger partial charge in [-0.05, 0) is 72.9 Å².